The van der Waals surface area contributed by atoms with Gasteiger partial charge in [0.1, 0.15) is 16.5 Å². The Kier molecular flexibility index (Phi) is 7.47. The molecule has 3 aromatic carbocycles. The molecule has 1 saturated heterocycles. The standard InChI is InChI=1S/C26H23FN4O4S2/c27-19-10-8-18(9-11-19)25-22-6-1-2-7-23(22)26(30-29-25)36-17-24(32)28-20-4-3-5-21(16-20)37(33,34)31-12-14-35-15-13-31/h1-11,16H,12-15,17H2,(H,28,32). The fourth-order valence-electron chi connectivity index (χ4n) is 4.01. The summed E-state index contributed by atoms with van der Waals surface area (Å²) in [7, 11) is -3.67. The number of carbonyl (C=O) groups is 1. The summed E-state index contributed by atoms with van der Waals surface area (Å²) >= 11 is 1.23. The van der Waals surface area contributed by atoms with Crippen molar-refractivity contribution >= 4 is 44.2 Å². The molecule has 1 aromatic heterocycles. The van der Waals surface area contributed by atoms with Crippen molar-refractivity contribution in [2.24, 2.45) is 0 Å². The van der Waals surface area contributed by atoms with Gasteiger partial charge >= 0.3 is 0 Å². The molecule has 0 bridgehead atoms. The summed E-state index contributed by atoms with van der Waals surface area (Å²) in [6.07, 6.45) is 0. The summed E-state index contributed by atoms with van der Waals surface area (Å²) in [5.74, 6) is -0.586. The highest BCUT2D eigenvalue weighted by Gasteiger charge is 2.26. The first-order valence-electron chi connectivity index (χ1n) is 11.5. The van der Waals surface area contributed by atoms with Crippen LogP contribution in [-0.4, -0.2) is 60.9 Å². The molecule has 1 fully saturated rings. The highest BCUT2D eigenvalue weighted by molar-refractivity contribution is 8.00. The molecule has 0 radical (unpaired) electrons. The molecule has 11 heteroatoms. The summed E-state index contributed by atoms with van der Waals surface area (Å²) in [6, 6.07) is 19.8. The third kappa shape index (κ3) is 5.64. The number of carbonyl (C=O) groups excluding carboxylic acids is 1. The monoisotopic (exact) mass is 538 g/mol. The number of benzene rings is 3. The van der Waals surface area contributed by atoms with Crippen molar-refractivity contribution < 1.29 is 22.3 Å². The van der Waals surface area contributed by atoms with Crippen LogP contribution in [0.25, 0.3) is 22.0 Å². The first-order chi connectivity index (χ1) is 17.9. The Morgan fingerprint density at radius 1 is 0.973 bits per heavy atom. The number of fused-ring (bicyclic) bond motifs is 1. The molecule has 0 unspecified atom stereocenters. The lowest BCUT2D eigenvalue weighted by Crippen LogP contribution is -2.40. The molecule has 1 N–H and O–H groups in total. The molecule has 2 heterocycles. The molecule has 4 aromatic rings. The molecule has 1 aliphatic rings. The second-order valence-electron chi connectivity index (χ2n) is 8.29. The molecular formula is C26H23FN4O4S2. The number of ether oxygens (including phenoxy) is 1. The topological polar surface area (TPSA) is 101 Å². The molecule has 1 amide bonds. The van der Waals surface area contributed by atoms with E-state index in [9.17, 15) is 17.6 Å². The number of hydrogen-bond acceptors (Lipinski definition) is 7. The zero-order valence-electron chi connectivity index (χ0n) is 19.6. The predicted octanol–water partition coefficient (Wildman–Crippen LogP) is 4.19. The Morgan fingerprint density at radius 3 is 2.46 bits per heavy atom. The van der Waals surface area contributed by atoms with Gasteiger partial charge in [0.15, 0.2) is 0 Å². The summed E-state index contributed by atoms with van der Waals surface area (Å²) in [6.45, 7) is 1.31. The largest absolute Gasteiger partial charge is 0.379 e. The molecule has 5 rings (SSSR count). The SMILES string of the molecule is O=C(CSc1nnc(-c2ccc(F)cc2)c2ccccc12)Nc1cccc(S(=O)(=O)N2CCOCC2)c1. The second kappa shape index (κ2) is 10.9. The zero-order chi connectivity index (χ0) is 25.8. The third-order valence-corrected chi connectivity index (χ3v) is 8.71. The van der Waals surface area contributed by atoms with Crippen molar-refractivity contribution in [2.45, 2.75) is 9.92 Å². The lowest BCUT2D eigenvalue weighted by molar-refractivity contribution is -0.113. The lowest BCUT2D eigenvalue weighted by atomic mass is 10.1. The minimum Gasteiger partial charge on any atom is -0.379 e. The van der Waals surface area contributed by atoms with Crippen LogP contribution in [-0.2, 0) is 19.6 Å². The van der Waals surface area contributed by atoms with Gasteiger partial charge in [0, 0.05) is 35.1 Å². The van der Waals surface area contributed by atoms with Gasteiger partial charge in [-0.1, -0.05) is 42.1 Å². The van der Waals surface area contributed by atoms with Crippen LogP contribution in [0.5, 0.6) is 0 Å². The van der Waals surface area contributed by atoms with E-state index in [4.69, 9.17) is 4.74 Å². The number of nitrogens with one attached hydrogen (secondary N) is 1. The Morgan fingerprint density at radius 2 is 1.70 bits per heavy atom. The van der Waals surface area contributed by atoms with Crippen LogP contribution in [0.4, 0.5) is 10.1 Å². The summed E-state index contributed by atoms with van der Waals surface area (Å²) in [5.41, 5.74) is 1.76. The number of aromatic nitrogens is 2. The molecule has 37 heavy (non-hydrogen) atoms. The minimum atomic E-state index is -3.67. The van der Waals surface area contributed by atoms with Crippen molar-refractivity contribution in [1.82, 2.24) is 14.5 Å². The fourth-order valence-corrected chi connectivity index (χ4v) is 6.23. The van der Waals surface area contributed by atoms with Crippen LogP contribution in [0, 0.1) is 5.82 Å². The van der Waals surface area contributed by atoms with Gasteiger partial charge in [0.2, 0.25) is 15.9 Å². The van der Waals surface area contributed by atoms with Crippen molar-refractivity contribution in [2.75, 3.05) is 37.4 Å². The quantitative estimate of drug-likeness (QED) is 0.352. The van der Waals surface area contributed by atoms with Crippen LogP contribution in [0.1, 0.15) is 0 Å². The molecule has 0 atom stereocenters. The molecule has 0 spiro atoms. The summed E-state index contributed by atoms with van der Waals surface area (Å²) in [5, 5.41) is 13.7. The predicted molar refractivity (Wildman–Crippen MR) is 140 cm³/mol. The highest BCUT2D eigenvalue weighted by atomic mass is 32.2. The van der Waals surface area contributed by atoms with Crippen molar-refractivity contribution in [1.29, 1.82) is 0 Å². The Hall–Kier alpha value is -3.38. The van der Waals surface area contributed by atoms with Crippen molar-refractivity contribution in [3.05, 3.63) is 78.6 Å². The van der Waals surface area contributed by atoms with Gasteiger partial charge in [-0.05, 0) is 42.5 Å². The van der Waals surface area contributed by atoms with Crippen LogP contribution in [0.3, 0.4) is 0 Å². The first-order valence-corrected chi connectivity index (χ1v) is 14.0. The molecule has 190 valence electrons. The van der Waals surface area contributed by atoms with E-state index in [2.05, 4.69) is 15.5 Å². The van der Waals surface area contributed by atoms with E-state index in [1.165, 1.54) is 40.3 Å². The number of morpholine rings is 1. The molecule has 0 saturated carbocycles. The third-order valence-electron chi connectivity index (χ3n) is 5.84. The van der Waals surface area contributed by atoms with Gasteiger partial charge in [-0.2, -0.15) is 4.31 Å². The first kappa shape index (κ1) is 25.3. The Balaban J connectivity index is 1.30. The van der Waals surface area contributed by atoms with E-state index < -0.39 is 10.0 Å². The maximum atomic E-state index is 13.4. The average molecular weight is 539 g/mol. The van der Waals surface area contributed by atoms with E-state index in [0.717, 1.165) is 16.3 Å². The summed E-state index contributed by atoms with van der Waals surface area (Å²) in [4.78, 5) is 12.8. The smallest absolute Gasteiger partial charge is 0.243 e. The van der Waals surface area contributed by atoms with Gasteiger partial charge in [-0.15, -0.1) is 10.2 Å². The van der Waals surface area contributed by atoms with Gasteiger partial charge in [-0.25, -0.2) is 12.8 Å². The van der Waals surface area contributed by atoms with E-state index in [0.29, 0.717) is 42.7 Å². The second-order valence-corrected chi connectivity index (χ2v) is 11.2. The fraction of sp³-hybridized carbons (Fsp3) is 0.192. The van der Waals surface area contributed by atoms with E-state index in [1.54, 1.807) is 24.3 Å². The minimum absolute atomic E-state index is 0.0506. The number of amides is 1. The number of hydrogen-bond donors (Lipinski definition) is 1. The van der Waals surface area contributed by atoms with Crippen LogP contribution in [0.2, 0.25) is 0 Å². The summed E-state index contributed by atoms with van der Waals surface area (Å²) < 4.78 is 45.8. The van der Waals surface area contributed by atoms with E-state index in [-0.39, 0.29) is 22.4 Å². The molecular weight excluding hydrogens is 515 g/mol. The number of thioether (sulfide) groups is 1. The normalized spacial score (nSPS) is 14.5. The lowest BCUT2D eigenvalue weighted by Gasteiger charge is -2.26. The zero-order valence-corrected chi connectivity index (χ0v) is 21.3. The molecule has 1 aliphatic heterocycles. The maximum Gasteiger partial charge on any atom is 0.243 e. The van der Waals surface area contributed by atoms with E-state index >= 15 is 0 Å². The number of sulfonamides is 1. The van der Waals surface area contributed by atoms with Crippen LogP contribution < -0.4 is 5.32 Å². The van der Waals surface area contributed by atoms with Gasteiger partial charge < -0.3 is 10.1 Å². The van der Waals surface area contributed by atoms with Gasteiger partial charge in [0.05, 0.1) is 23.9 Å². The van der Waals surface area contributed by atoms with E-state index in [1.807, 2.05) is 24.3 Å². The molecule has 0 aliphatic carbocycles. The number of rotatable bonds is 7. The van der Waals surface area contributed by atoms with Gasteiger partial charge in [-0.3, -0.25) is 4.79 Å². The van der Waals surface area contributed by atoms with Gasteiger partial charge in [0.25, 0.3) is 0 Å². The molecule has 8 nitrogen and oxygen atoms in total. The highest BCUT2D eigenvalue weighted by Crippen LogP contribution is 2.32. The van der Waals surface area contributed by atoms with Crippen molar-refractivity contribution in [3.8, 4) is 11.3 Å². The Labute approximate surface area is 217 Å². The Bertz CT molecular complexity index is 1540. The maximum absolute atomic E-state index is 13.4. The number of nitrogens with zero attached hydrogens (tertiary/aromatic N) is 3. The van der Waals surface area contributed by atoms with Crippen LogP contribution in [0.15, 0.2) is 82.7 Å². The number of anilines is 1. The average Bonchev–Trinajstić information content (AvgIpc) is 2.93. The van der Waals surface area contributed by atoms with Crippen molar-refractivity contribution in [3.63, 3.8) is 0 Å². The van der Waals surface area contributed by atoms with Crippen LogP contribution >= 0.6 is 11.8 Å². The number of halogens is 1.